The molecule has 1 saturated carbocycles. The molecule has 1 saturated heterocycles. The molecule has 2 fully saturated rings. The molecule has 3 aliphatic rings. The molecule has 2 N–H and O–H groups in total. The third kappa shape index (κ3) is 3.39. The van der Waals surface area contributed by atoms with Gasteiger partial charge in [0.25, 0.3) is 0 Å². The molecular formula is C24H31N7O3. The van der Waals surface area contributed by atoms with E-state index in [-0.39, 0.29) is 11.9 Å². The maximum absolute atomic E-state index is 13.3. The minimum atomic E-state index is -0.268. The lowest BCUT2D eigenvalue weighted by molar-refractivity contribution is -0.124. The minimum Gasteiger partial charge on any atom is -0.479 e. The highest BCUT2D eigenvalue weighted by molar-refractivity contribution is 5.99. The lowest BCUT2D eigenvalue weighted by Crippen LogP contribution is -2.50. The second kappa shape index (κ2) is 7.78. The van der Waals surface area contributed by atoms with Gasteiger partial charge in [-0.15, -0.1) is 0 Å². The summed E-state index contributed by atoms with van der Waals surface area (Å²) in [6.07, 6.45) is 3.36. The number of nitrogens with zero attached hydrogens (tertiary/aromatic N) is 5. The number of aromatic amines is 2. The quantitative estimate of drug-likeness (QED) is 0.594. The van der Waals surface area contributed by atoms with Crippen LogP contribution in [-0.4, -0.2) is 82.5 Å². The molecule has 34 heavy (non-hydrogen) atoms. The number of aromatic nitrogens is 5. The van der Waals surface area contributed by atoms with Crippen molar-refractivity contribution in [1.29, 1.82) is 0 Å². The van der Waals surface area contributed by atoms with E-state index in [1.54, 1.807) is 19.1 Å². The van der Waals surface area contributed by atoms with Gasteiger partial charge in [0.1, 0.15) is 11.4 Å². The van der Waals surface area contributed by atoms with Crippen molar-refractivity contribution in [3.63, 3.8) is 0 Å². The van der Waals surface area contributed by atoms with E-state index in [2.05, 4.69) is 32.0 Å². The van der Waals surface area contributed by atoms with Crippen molar-refractivity contribution in [3.8, 4) is 17.4 Å². The van der Waals surface area contributed by atoms with Gasteiger partial charge in [-0.1, -0.05) is 6.92 Å². The van der Waals surface area contributed by atoms with Crippen molar-refractivity contribution in [2.24, 2.45) is 11.3 Å². The van der Waals surface area contributed by atoms with Crippen LogP contribution >= 0.6 is 0 Å². The van der Waals surface area contributed by atoms with Crippen LogP contribution in [0.25, 0.3) is 22.7 Å². The number of H-pyrrole nitrogens is 2. The highest BCUT2D eigenvalue weighted by Gasteiger charge is 2.53. The van der Waals surface area contributed by atoms with Crippen LogP contribution in [0, 0.1) is 11.3 Å². The first-order valence-electron chi connectivity index (χ1n) is 12.0. The maximum Gasteiger partial charge on any atom is 0.243 e. The predicted octanol–water partition coefficient (Wildman–Crippen LogP) is 2.16. The van der Waals surface area contributed by atoms with Crippen molar-refractivity contribution in [1.82, 2.24) is 30.0 Å². The Hall–Kier alpha value is -2.98. The van der Waals surface area contributed by atoms with E-state index in [9.17, 15) is 4.79 Å². The van der Waals surface area contributed by atoms with E-state index in [1.807, 2.05) is 13.0 Å². The zero-order valence-electron chi connectivity index (χ0n) is 20.1. The number of morpholine rings is 1. The van der Waals surface area contributed by atoms with Gasteiger partial charge in [-0.25, -0.2) is 4.98 Å². The van der Waals surface area contributed by atoms with Crippen molar-refractivity contribution in [2.45, 2.75) is 39.2 Å². The van der Waals surface area contributed by atoms with Crippen LogP contribution in [-0.2, 0) is 22.4 Å². The molecule has 3 atom stereocenters. The number of nitrogens with one attached hydrogen (secondary N) is 2. The topological polar surface area (TPSA) is 112 Å². The summed E-state index contributed by atoms with van der Waals surface area (Å²) < 4.78 is 11.0. The number of anilines is 1. The molecule has 3 aromatic heterocycles. The van der Waals surface area contributed by atoms with Gasteiger partial charge in [0.05, 0.1) is 31.9 Å². The number of hydrogen-bond donors (Lipinski definition) is 2. The Labute approximate surface area is 198 Å². The Bertz CT molecular complexity index is 1260. The van der Waals surface area contributed by atoms with E-state index in [4.69, 9.17) is 14.5 Å². The second-order valence-electron chi connectivity index (χ2n) is 10.2. The van der Waals surface area contributed by atoms with Crippen LogP contribution in [0.5, 0.6) is 5.88 Å². The van der Waals surface area contributed by atoms with Crippen LogP contribution in [0.3, 0.4) is 0 Å². The van der Waals surface area contributed by atoms with Gasteiger partial charge in [0.2, 0.25) is 11.8 Å². The number of ether oxygens (including phenoxy) is 2. The van der Waals surface area contributed by atoms with Crippen LogP contribution in [0.15, 0.2) is 6.07 Å². The number of rotatable bonds is 5. The summed E-state index contributed by atoms with van der Waals surface area (Å²) in [5.41, 5.74) is 5.68. The number of methoxy groups -OCH3 is 1. The Balaban J connectivity index is 1.31. The smallest absolute Gasteiger partial charge is 0.243 e. The molecule has 180 valence electrons. The molecule has 4 heterocycles. The van der Waals surface area contributed by atoms with Crippen molar-refractivity contribution >= 4 is 22.8 Å². The standard InChI is InChI=1S/C24H31N7O3/c1-13(31-5-7-34-8-6-31)23(32)30(3)18-10-16-20(27-22(18)33-4)26-21(25-16)19-15-9-14-11-24(14,2)12-17(15)28-29-19/h10,13-14H,5-9,11-12H2,1-4H3,(H,28,29)(H,25,26,27)/t13-,14+,24+/m0/s1. The van der Waals surface area contributed by atoms with Gasteiger partial charge in [-0.05, 0) is 43.6 Å². The average Bonchev–Trinajstić information content (AvgIpc) is 3.15. The minimum absolute atomic E-state index is 0.0186. The number of carbonyl (C=O) groups excluding carboxylic acids is 1. The van der Waals surface area contributed by atoms with Gasteiger partial charge in [0, 0.05) is 31.4 Å². The molecule has 10 nitrogen and oxygen atoms in total. The van der Waals surface area contributed by atoms with E-state index < -0.39 is 0 Å². The van der Waals surface area contributed by atoms with E-state index in [1.165, 1.54) is 17.7 Å². The Kier molecular flexibility index (Phi) is 4.93. The fourth-order valence-electron chi connectivity index (χ4n) is 5.59. The normalized spacial score (nSPS) is 25.0. The molecule has 1 amide bonds. The average molecular weight is 466 g/mol. The largest absolute Gasteiger partial charge is 0.479 e. The number of amides is 1. The van der Waals surface area contributed by atoms with Crippen molar-refractivity contribution in [2.75, 3.05) is 45.4 Å². The van der Waals surface area contributed by atoms with Crippen LogP contribution < -0.4 is 9.64 Å². The van der Waals surface area contributed by atoms with Crippen molar-refractivity contribution < 1.29 is 14.3 Å². The third-order valence-electron chi connectivity index (χ3n) is 8.00. The predicted molar refractivity (Wildman–Crippen MR) is 127 cm³/mol. The SMILES string of the molecule is COc1nc2nc(-c3n[nH]c4c3C[C@@H]3C[C@]3(C)C4)[nH]c2cc1N(C)C(=O)[C@H](C)N1CCOCC1. The highest BCUT2D eigenvalue weighted by atomic mass is 16.5. The number of fused-ring (bicyclic) bond motifs is 3. The first-order chi connectivity index (χ1) is 16.4. The van der Waals surface area contributed by atoms with Gasteiger partial charge < -0.3 is 19.4 Å². The zero-order valence-corrected chi connectivity index (χ0v) is 20.1. The molecule has 0 spiro atoms. The molecule has 3 aromatic rings. The lowest BCUT2D eigenvalue weighted by Gasteiger charge is -2.33. The third-order valence-corrected chi connectivity index (χ3v) is 8.00. The molecule has 0 radical (unpaired) electrons. The van der Waals surface area contributed by atoms with Gasteiger partial charge in [-0.2, -0.15) is 10.1 Å². The summed E-state index contributed by atoms with van der Waals surface area (Å²) in [4.78, 5) is 29.8. The van der Waals surface area contributed by atoms with Crippen LogP contribution in [0.1, 0.15) is 31.5 Å². The molecule has 0 aromatic carbocycles. The summed E-state index contributed by atoms with van der Waals surface area (Å²) in [6.45, 7) is 7.07. The Morgan fingerprint density at radius 1 is 1.35 bits per heavy atom. The van der Waals surface area contributed by atoms with E-state index in [0.29, 0.717) is 41.7 Å². The van der Waals surface area contributed by atoms with Crippen LogP contribution in [0.4, 0.5) is 5.69 Å². The Morgan fingerprint density at radius 3 is 2.91 bits per heavy atom. The summed E-state index contributed by atoms with van der Waals surface area (Å²) >= 11 is 0. The maximum atomic E-state index is 13.3. The first-order valence-corrected chi connectivity index (χ1v) is 12.0. The number of pyridine rings is 1. The molecule has 0 unspecified atom stereocenters. The summed E-state index contributed by atoms with van der Waals surface area (Å²) in [7, 11) is 3.32. The number of likely N-dealkylation sites (N-methyl/N-ethyl adjacent to an activating group) is 1. The van der Waals surface area contributed by atoms with Gasteiger partial charge in [-0.3, -0.25) is 14.8 Å². The second-order valence-corrected chi connectivity index (χ2v) is 10.2. The van der Waals surface area contributed by atoms with E-state index in [0.717, 1.165) is 43.1 Å². The van der Waals surface area contributed by atoms with Gasteiger partial charge in [0.15, 0.2) is 11.5 Å². The first kappa shape index (κ1) is 21.5. The number of imidazole rings is 1. The number of carbonyl (C=O) groups is 1. The zero-order chi connectivity index (χ0) is 23.6. The summed E-state index contributed by atoms with van der Waals surface area (Å²) in [5, 5.41) is 7.84. The summed E-state index contributed by atoms with van der Waals surface area (Å²) in [6, 6.07) is 1.62. The summed E-state index contributed by atoms with van der Waals surface area (Å²) in [5.74, 6) is 1.78. The van der Waals surface area contributed by atoms with Gasteiger partial charge >= 0.3 is 0 Å². The Morgan fingerprint density at radius 2 is 2.15 bits per heavy atom. The van der Waals surface area contributed by atoms with Crippen LogP contribution in [0.2, 0.25) is 0 Å². The molecular weight excluding hydrogens is 434 g/mol. The monoisotopic (exact) mass is 465 g/mol. The molecule has 1 aliphatic heterocycles. The lowest BCUT2D eigenvalue weighted by atomic mass is 9.88. The number of hydrogen-bond acceptors (Lipinski definition) is 7. The molecule has 6 rings (SSSR count). The van der Waals surface area contributed by atoms with E-state index >= 15 is 0 Å². The molecule has 2 aliphatic carbocycles. The molecule has 10 heteroatoms. The molecule has 0 bridgehead atoms. The fourth-order valence-corrected chi connectivity index (χ4v) is 5.59. The van der Waals surface area contributed by atoms with Crippen molar-refractivity contribution in [3.05, 3.63) is 17.3 Å². The fraction of sp³-hybridized carbons (Fsp3) is 0.583. The highest BCUT2D eigenvalue weighted by Crippen LogP contribution is 2.59.